The van der Waals surface area contributed by atoms with Gasteiger partial charge in [-0.15, -0.1) is 0 Å². The zero-order valence-electron chi connectivity index (χ0n) is 21.2. The number of amides is 2. The van der Waals surface area contributed by atoms with Gasteiger partial charge in [0.2, 0.25) is 5.91 Å². The number of ether oxygens (including phenoxy) is 1. The molecule has 0 aromatic heterocycles. The number of aliphatic carboxylic acids is 1. The molecule has 0 spiro atoms. The average Bonchev–Trinajstić information content (AvgIpc) is 3.08. The number of halogens is 1. The van der Waals surface area contributed by atoms with Crippen molar-refractivity contribution >= 4 is 40.4 Å². The second-order valence-corrected chi connectivity index (χ2v) is 12.3. The number of quaternary nitrogens is 2. The third-order valence-corrected chi connectivity index (χ3v) is 10.3. The monoisotopic (exact) mass is 626 g/mol. The highest BCUT2D eigenvalue weighted by Crippen LogP contribution is 2.47. The van der Waals surface area contributed by atoms with E-state index in [1.54, 1.807) is 6.92 Å². The van der Waals surface area contributed by atoms with Gasteiger partial charge >= 0.3 is 5.97 Å². The molecule has 2 amide bonds. The van der Waals surface area contributed by atoms with Crippen molar-refractivity contribution in [3.05, 3.63) is 38.6 Å². The van der Waals surface area contributed by atoms with Crippen molar-refractivity contribution in [3.63, 3.8) is 0 Å². The highest BCUT2D eigenvalue weighted by atomic mass is 127. The summed E-state index contributed by atoms with van der Waals surface area (Å²) in [7, 11) is 0. The van der Waals surface area contributed by atoms with E-state index in [1.807, 2.05) is 19.1 Å². The fourth-order valence-electron chi connectivity index (χ4n) is 6.89. The molecule has 5 heterocycles. The van der Waals surface area contributed by atoms with Crippen LogP contribution in [0.1, 0.15) is 19.4 Å². The van der Waals surface area contributed by atoms with Crippen molar-refractivity contribution in [2.45, 2.75) is 32.5 Å². The van der Waals surface area contributed by atoms with Crippen molar-refractivity contribution in [2.24, 2.45) is 17.6 Å². The number of primary amides is 1. The van der Waals surface area contributed by atoms with Gasteiger partial charge in [0.25, 0.3) is 5.91 Å². The van der Waals surface area contributed by atoms with Crippen molar-refractivity contribution in [3.8, 4) is 5.75 Å². The van der Waals surface area contributed by atoms with Gasteiger partial charge in [-0.25, -0.2) is 4.79 Å². The predicted octanol–water partition coefficient (Wildman–Crippen LogP) is 0.512. The van der Waals surface area contributed by atoms with Crippen LogP contribution in [0.3, 0.4) is 0 Å². The number of carboxylic acid groups (broad SMARTS) is 1. The Morgan fingerprint density at radius 3 is 2.38 bits per heavy atom. The Bertz CT molecular complexity index is 1160. The number of carbonyl (C=O) groups excluding carboxylic acids is 2. The Labute approximate surface area is 230 Å². The number of aliphatic hydroxyl groups is 1. The van der Waals surface area contributed by atoms with Crippen LogP contribution in [0.25, 0.3) is 0 Å². The molecule has 10 nitrogen and oxygen atoms in total. The van der Waals surface area contributed by atoms with Crippen LogP contribution in [0.5, 0.6) is 5.75 Å². The maximum atomic E-state index is 12.6. The van der Waals surface area contributed by atoms with Crippen LogP contribution in [0.4, 0.5) is 0 Å². The predicted molar refractivity (Wildman–Crippen MR) is 142 cm³/mol. The van der Waals surface area contributed by atoms with Gasteiger partial charge in [0.05, 0.1) is 21.6 Å². The quantitative estimate of drug-likeness (QED) is 0.208. The van der Waals surface area contributed by atoms with E-state index in [9.17, 15) is 24.6 Å². The molecule has 11 heteroatoms. The van der Waals surface area contributed by atoms with Crippen LogP contribution in [-0.2, 0) is 20.9 Å². The van der Waals surface area contributed by atoms with Crippen LogP contribution in [-0.4, -0.2) is 106 Å². The third kappa shape index (κ3) is 4.43. The van der Waals surface area contributed by atoms with Crippen LogP contribution < -0.4 is 10.5 Å². The maximum Gasteiger partial charge on any atom is 0.352 e. The Balaban J connectivity index is 1.30. The van der Waals surface area contributed by atoms with E-state index in [0.29, 0.717) is 17.9 Å². The maximum absolute atomic E-state index is 12.6. The number of fused-ring (bicyclic) bond motifs is 4. The molecule has 2 bridgehead atoms. The van der Waals surface area contributed by atoms with Crippen molar-refractivity contribution < 1.29 is 38.3 Å². The number of nitrogens with zero attached hydrogens (tertiary/aromatic N) is 3. The van der Waals surface area contributed by atoms with Gasteiger partial charge in [-0.3, -0.25) is 9.59 Å². The van der Waals surface area contributed by atoms with Gasteiger partial charge in [0.1, 0.15) is 63.9 Å². The number of aliphatic hydroxyl groups excluding tert-OH is 1. The summed E-state index contributed by atoms with van der Waals surface area (Å²) in [5.41, 5.74) is 7.26. The fourth-order valence-corrected chi connectivity index (χ4v) is 7.58. The molecule has 0 saturated carbocycles. The first kappa shape index (κ1) is 26.4. The standard InChI is InChI=1S/C26H33IN4O6/c1-15-18(24(26(35)36)29-23(15)21(16(2)32)25(29)34)14-37-19-5-3-4-17(22(19)27)12-30-6-9-31(10-7-30,11-8-30)13-20(28)33/h3-5,15-16,21,23,32H,6-14H2,1-2H3,(H-2,28,33,35,36)/p+2/t15?,16?,21-,23-,30?,31?/m1/s1. The van der Waals surface area contributed by atoms with E-state index in [4.69, 9.17) is 10.5 Å². The fraction of sp³-hybridized carbons (Fsp3) is 0.577. The summed E-state index contributed by atoms with van der Waals surface area (Å²) in [5.74, 6) is -1.83. The van der Waals surface area contributed by atoms with E-state index in [2.05, 4.69) is 28.7 Å². The minimum Gasteiger partial charge on any atom is -0.488 e. The van der Waals surface area contributed by atoms with Gasteiger partial charge in [-0.1, -0.05) is 19.1 Å². The molecule has 4 atom stereocenters. The molecule has 37 heavy (non-hydrogen) atoms. The molecule has 2 unspecified atom stereocenters. The first-order chi connectivity index (χ1) is 17.5. The molecular formula is C26H35IN4O6+2. The van der Waals surface area contributed by atoms with Crippen LogP contribution in [0.15, 0.2) is 29.5 Å². The molecule has 1 aromatic rings. The van der Waals surface area contributed by atoms with Gasteiger partial charge in [0, 0.05) is 17.1 Å². The molecule has 5 aliphatic rings. The summed E-state index contributed by atoms with van der Waals surface area (Å²) >= 11 is 2.31. The summed E-state index contributed by atoms with van der Waals surface area (Å²) in [4.78, 5) is 37.5. The second-order valence-electron chi connectivity index (χ2n) is 11.3. The second kappa shape index (κ2) is 9.51. The number of piperazine rings is 3. The van der Waals surface area contributed by atoms with E-state index in [1.165, 1.54) is 10.5 Å². The minimum absolute atomic E-state index is 0.0110. The summed E-state index contributed by atoms with van der Waals surface area (Å²) < 4.78 is 9.01. The largest absolute Gasteiger partial charge is 0.488 e. The number of benzene rings is 1. The lowest BCUT2D eigenvalue weighted by atomic mass is 9.78. The molecule has 200 valence electrons. The molecule has 5 aliphatic heterocycles. The molecule has 6 rings (SSSR count). The molecule has 4 fully saturated rings. The zero-order chi connectivity index (χ0) is 26.7. The van der Waals surface area contributed by atoms with Gasteiger partial charge in [0.15, 0.2) is 6.54 Å². The first-order valence-electron chi connectivity index (χ1n) is 12.8. The summed E-state index contributed by atoms with van der Waals surface area (Å²) in [6, 6.07) is 5.63. The summed E-state index contributed by atoms with van der Waals surface area (Å²) in [6.07, 6.45) is -0.832. The number of rotatable bonds is 9. The van der Waals surface area contributed by atoms with Gasteiger partial charge in [-0.05, 0) is 35.6 Å². The van der Waals surface area contributed by atoms with Crippen molar-refractivity contribution in [1.29, 1.82) is 0 Å². The van der Waals surface area contributed by atoms with Gasteiger partial charge < -0.3 is 34.5 Å². The normalized spacial score (nSPS) is 33.2. The summed E-state index contributed by atoms with van der Waals surface area (Å²) in [6.45, 7) is 10.8. The Morgan fingerprint density at radius 2 is 1.81 bits per heavy atom. The van der Waals surface area contributed by atoms with Crippen LogP contribution in [0, 0.1) is 15.4 Å². The molecule has 4 saturated heterocycles. The lowest BCUT2D eigenvalue weighted by Crippen LogP contribution is -2.75. The number of carbonyl (C=O) groups is 3. The molecule has 0 aliphatic carbocycles. The highest BCUT2D eigenvalue weighted by molar-refractivity contribution is 14.1. The molecule has 4 N–H and O–H groups in total. The highest BCUT2D eigenvalue weighted by Gasteiger charge is 2.60. The number of hydrogen-bond acceptors (Lipinski definition) is 5. The molecular weight excluding hydrogens is 591 g/mol. The first-order valence-corrected chi connectivity index (χ1v) is 13.9. The smallest absolute Gasteiger partial charge is 0.352 e. The Morgan fingerprint density at radius 1 is 1.19 bits per heavy atom. The van der Waals surface area contributed by atoms with E-state index in [0.717, 1.165) is 58.3 Å². The Hall–Kier alpha value is -2.22. The van der Waals surface area contributed by atoms with Crippen molar-refractivity contribution in [2.75, 3.05) is 52.4 Å². The van der Waals surface area contributed by atoms with Crippen LogP contribution in [0.2, 0.25) is 0 Å². The van der Waals surface area contributed by atoms with E-state index >= 15 is 0 Å². The zero-order valence-corrected chi connectivity index (χ0v) is 23.4. The lowest BCUT2D eigenvalue weighted by molar-refractivity contribution is -1.08. The van der Waals surface area contributed by atoms with Crippen LogP contribution >= 0.6 is 22.6 Å². The van der Waals surface area contributed by atoms with E-state index < -0.39 is 18.0 Å². The summed E-state index contributed by atoms with van der Waals surface area (Å²) in [5, 5.41) is 19.9. The van der Waals surface area contributed by atoms with Crippen molar-refractivity contribution in [1.82, 2.24) is 4.90 Å². The average molecular weight is 626 g/mol. The molecule has 1 aromatic carbocycles. The number of β-lactam (4-membered cyclic amide) rings is 1. The topological polar surface area (TPSA) is 130 Å². The number of nitrogens with two attached hydrogens (primary N) is 1. The van der Waals surface area contributed by atoms with E-state index in [-0.39, 0.29) is 36.1 Å². The number of hydrogen-bond donors (Lipinski definition) is 3. The third-order valence-electron chi connectivity index (χ3n) is 9.09. The van der Waals surface area contributed by atoms with Gasteiger partial charge in [-0.2, -0.15) is 0 Å². The SMILES string of the molecule is CC(O)[C@H]1C(=O)N2C(C(=O)O)=C(COc3cccc(C[N+]45CC[N+](CC(N)=O)(CC4)CC5)c3I)C(C)[C@H]12. The Kier molecular flexibility index (Phi) is 6.78. The minimum atomic E-state index is -1.15. The number of carboxylic acids is 1. The molecule has 0 radical (unpaired) electrons. The lowest BCUT2D eigenvalue weighted by Gasteiger charge is -2.55.